The van der Waals surface area contributed by atoms with E-state index in [4.69, 9.17) is 17.5 Å². The van der Waals surface area contributed by atoms with Crippen LogP contribution >= 0.6 is 23.6 Å². The first kappa shape index (κ1) is 12.6. The van der Waals surface area contributed by atoms with Crippen molar-refractivity contribution in [2.75, 3.05) is 14.1 Å². The minimum atomic E-state index is 0.310. The molecule has 0 radical (unpaired) electrons. The smallest absolute Gasteiger partial charge is 0.145 e. The number of hydrogen-bond acceptors (Lipinski definition) is 3. The minimum Gasteiger partial charge on any atom is -0.369 e. The summed E-state index contributed by atoms with van der Waals surface area (Å²) in [6, 6.07) is 5.92. The number of rotatable bonds is 3. The fourth-order valence-electron chi connectivity index (χ4n) is 0.895. The van der Waals surface area contributed by atoms with E-state index in [0.29, 0.717) is 10.6 Å². The number of hydrogen-bond donors (Lipinski definition) is 0. The molecular weight excluding hydrogens is 238 g/mol. The van der Waals surface area contributed by atoms with Crippen molar-refractivity contribution in [3.8, 4) is 6.07 Å². The van der Waals surface area contributed by atoms with Crippen LogP contribution < -0.4 is 0 Å². The van der Waals surface area contributed by atoms with E-state index in [9.17, 15) is 0 Å². The van der Waals surface area contributed by atoms with Gasteiger partial charge in [-0.15, -0.1) is 11.3 Å². The lowest BCUT2D eigenvalue weighted by molar-refractivity contribution is 0.644. The molecule has 0 bridgehead atoms. The lowest BCUT2D eigenvalue weighted by Crippen LogP contribution is -2.09. The van der Waals surface area contributed by atoms with Crippen molar-refractivity contribution in [1.29, 1.82) is 5.26 Å². The molecule has 16 heavy (non-hydrogen) atoms. The molecule has 1 aromatic rings. The van der Waals surface area contributed by atoms with Gasteiger partial charge in [-0.05, 0) is 17.5 Å². The number of nitriles is 1. The van der Waals surface area contributed by atoms with Gasteiger partial charge in [-0.1, -0.05) is 18.3 Å². The molecule has 0 fully saturated rings. The average Bonchev–Trinajstić information content (AvgIpc) is 2.75. The van der Waals surface area contributed by atoms with Crippen LogP contribution in [0.15, 0.2) is 28.1 Å². The quantitative estimate of drug-likeness (QED) is 0.272. The lowest BCUT2D eigenvalue weighted by Gasteiger charge is -2.02. The van der Waals surface area contributed by atoms with E-state index >= 15 is 0 Å². The highest BCUT2D eigenvalue weighted by Crippen LogP contribution is 2.14. The third-order valence-corrected chi connectivity index (χ3v) is 2.73. The number of thiophene rings is 1. The molecule has 0 aliphatic heterocycles. The molecule has 0 atom stereocenters. The zero-order chi connectivity index (χ0) is 12.0. The molecule has 1 heterocycles. The van der Waals surface area contributed by atoms with E-state index in [1.165, 1.54) is 0 Å². The van der Waals surface area contributed by atoms with Crippen LogP contribution in [0.1, 0.15) is 4.88 Å². The van der Waals surface area contributed by atoms with Crippen LogP contribution in [0.25, 0.3) is 6.08 Å². The van der Waals surface area contributed by atoms with Gasteiger partial charge in [0.15, 0.2) is 0 Å². The van der Waals surface area contributed by atoms with Crippen LogP contribution in [0.2, 0.25) is 0 Å². The molecule has 0 unspecified atom stereocenters. The molecular formula is C11H11N3S2. The molecule has 0 amide bonds. The molecule has 5 heteroatoms. The summed E-state index contributed by atoms with van der Waals surface area (Å²) in [4.78, 5) is 7.10. The summed E-state index contributed by atoms with van der Waals surface area (Å²) in [5.41, 5.74) is 0.413. The highest BCUT2D eigenvalue weighted by Gasteiger charge is 2.02. The Bertz CT molecular complexity index is 450. The molecule has 0 saturated carbocycles. The Balaban J connectivity index is 2.84. The van der Waals surface area contributed by atoms with Crippen molar-refractivity contribution >= 4 is 41.0 Å². The fourth-order valence-corrected chi connectivity index (χ4v) is 1.70. The third-order valence-electron chi connectivity index (χ3n) is 1.59. The first-order chi connectivity index (χ1) is 7.63. The molecule has 0 aliphatic rings. The first-order valence-electron chi connectivity index (χ1n) is 4.53. The van der Waals surface area contributed by atoms with E-state index in [-0.39, 0.29) is 0 Å². The van der Waals surface area contributed by atoms with Crippen molar-refractivity contribution < 1.29 is 0 Å². The van der Waals surface area contributed by atoms with E-state index in [1.807, 2.05) is 31.6 Å². The summed E-state index contributed by atoms with van der Waals surface area (Å²) in [6.07, 6.45) is 3.34. The van der Waals surface area contributed by atoms with E-state index in [2.05, 4.69) is 11.1 Å². The first-order valence-corrected chi connectivity index (χ1v) is 5.82. The molecule has 1 rings (SSSR count). The van der Waals surface area contributed by atoms with Crippen LogP contribution in [-0.4, -0.2) is 30.3 Å². The summed E-state index contributed by atoms with van der Waals surface area (Å²) >= 11 is 6.61. The fraction of sp³-hybridized carbons (Fsp3) is 0.182. The van der Waals surface area contributed by atoms with Gasteiger partial charge in [-0.25, -0.2) is 4.99 Å². The van der Waals surface area contributed by atoms with Gasteiger partial charge < -0.3 is 4.90 Å². The summed E-state index contributed by atoms with van der Waals surface area (Å²) in [5.74, 6) is 0. The van der Waals surface area contributed by atoms with Crippen molar-refractivity contribution in [2.45, 2.75) is 0 Å². The van der Waals surface area contributed by atoms with Gasteiger partial charge >= 0.3 is 0 Å². The van der Waals surface area contributed by atoms with Crippen LogP contribution in [0, 0.1) is 11.3 Å². The summed E-state index contributed by atoms with van der Waals surface area (Å²) in [7, 11) is 3.70. The average molecular weight is 249 g/mol. The zero-order valence-electron chi connectivity index (χ0n) is 9.04. The Morgan fingerprint density at radius 1 is 1.62 bits per heavy atom. The van der Waals surface area contributed by atoms with Crippen LogP contribution in [0.3, 0.4) is 0 Å². The second-order valence-corrected chi connectivity index (χ2v) is 4.56. The van der Waals surface area contributed by atoms with Crippen molar-refractivity contribution in [1.82, 2.24) is 4.90 Å². The standard InChI is InChI=1S/C11H11N3S2/c1-14(2)8-13-11(15)9(7-12)6-10-4-3-5-16-10/h3-6,8H,1-2H3/b9-6+,13-8?. The van der Waals surface area contributed by atoms with Gasteiger partial charge in [0.25, 0.3) is 0 Å². The molecule has 0 N–H and O–H groups in total. The Morgan fingerprint density at radius 2 is 2.38 bits per heavy atom. The molecule has 82 valence electrons. The molecule has 0 spiro atoms. The molecule has 0 aliphatic carbocycles. The Labute approximate surface area is 104 Å². The van der Waals surface area contributed by atoms with Gasteiger partial charge in [-0.2, -0.15) is 5.26 Å². The van der Waals surface area contributed by atoms with Crippen LogP contribution in [0.4, 0.5) is 0 Å². The summed E-state index contributed by atoms with van der Waals surface area (Å²) < 4.78 is 0. The van der Waals surface area contributed by atoms with E-state index in [1.54, 1.807) is 28.7 Å². The van der Waals surface area contributed by atoms with Gasteiger partial charge in [0, 0.05) is 19.0 Å². The number of thiocarbonyl (C=S) groups is 1. The summed E-state index contributed by atoms with van der Waals surface area (Å²) in [6.45, 7) is 0. The maximum atomic E-state index is 8.97. The minimum absolute atomic E-state index is 0.310. The largest absolute Gasteiger partial charge is 0.369 e. The SMILES string of the molecule is CN(C)C=NC(=S)/C(C#N)=C/c1cccs1. The van der Waals surface area contributed by atoms with E-state index < -0.39 is 0 Å². The lowest BCUT2D eigenvalue weighted by atomic mass is 10.2. The topological polar surface area (TPSA) is 39.4 Å². The second kappa shape index (κ2) is 6.16. The monoisotopic (exact) mass is 249 g/mol. The highest BCUT2D eigenvalue weighted by molar-refractivity contribution is 7.80. The second-order valence-electron chi connectivity index (χ2n) is 3.20. The number of nitrogens with zero attached hydrogens (tertiary/aromatic N) is 3. The van der Waals surface area contributed by atoms with Gasteiger partial charge in [0.05, 0.1) is 11.9 Å². The molecule has 0 aromatic carbocycles. The third kappa shape index (κ3) is 3.93. The summed E-state index contributed by atoms with van der Waals surface area (Å²) in [5, 5.41) is 10.9. The van der Waals surface area contributed by atoms with Crippen molar-refractivity contribution in [3.63, 3.8) is 0 Å². The van der Waals surface area contributed by atoms with Crippen molar-refractivity contribution in [3.05, 3.63) is 28.0 Å². The molecule has 0 saturated heterocycles. The Kier molecular flexibility index (Phi) is 4.83. The number of aliphatic imine (C=N–C) groups is 1. The normalized spacial score (nSPS) is 11.4. The predicted octanol–water partition coefficient (Wildman–Crippen LogP) is 2.57. The van der Waals surface area contributed by atoms with Crippen LogP contribution in [0.5, 0.6) is 0 Å². The van der Waals surface area contributed by atoms with E-state index in [0.717, 1.165) is 4.88 Å². The predicted molar refractivity (Wildman–Crippen MR) is 72.7 cm³/mol. The Hall–Kier alpha value is -1.51. The zero-order valence-corrected chi connectivity index (χ0v) is 10.7. The van der Waals surface area contributed by atoms with Gasteiger partial charge in [0.2, 0.25) is 0 Å². The van der Waals surface area contributed by atoms with Crippen molar-refractivity contribution in [2.24, 2.45) is 4.99 Å². The highest BCUT2D eigenvalue weighted by atomic mass is 32.1. The molecule has 1 aromatic heterocycles. The molecule has 3 nitrogen and oxygen atoms in total. The van der Waals surface area contributed by atoms with Gasteiger partial charge in [-0.3, -0.25) is 0 Å². The maximum Gasteiger partial charge on any atom is 0.145 e. The Morgan fingerprint density at radius 3 is 2.88 bits per heavy atom. The van der Waals surface area contributed by atoms with Crippen LogP contribution in [-0.2, 0) is 0 Å². The van der Waals surface area contributed by atoms with Gasteiger partial charge in [0.1, 0.15) is 11.1 Å². The maximum absolute atomic E-state index is 8.97.